The molecule has 0 amide bonds. The Morgan fingerprint density at radius 3 is 2.71 bits per heavy atom. The predicted octanol–water partition coefficient (Wildman–Crippen LogP) is 3.14. The van der Waals surface area contributed by atoms with Crippen LogP contribution in [-0.4, -0.2) is 33.2 Å². The Kier molecular flexibility index (Phi) is 4.48. The van der Waals surface area contributed by atoms with Gasteiger partial charge in [-0.25, -0.2) is 9.48 Å². The van der Waals surface area contributed by atoms with Crippen LogP contribution in [0.25, 0.3) is 11.3 Å². The maximum absolute atomic E-state index is 11.4. The molecule has 3 rings (SSSR count). The van der Waals surface area contributed by atoms with E-state index in [1.54, 1.807) is 53.3 Å². The molecule has 0 saturated carbocycles. The van der Waals surface area contributed by atoms with Crippen molar-refractivity contribution in [2.45, 2.75) is 6.54 Å². The van der Waals surface area contributed by atoms with Crippen LogP contribution in [0.2, 0.25) is 5.02 Å². The van der Waals surface area contributed by atoms with Gasteiger partial charge in [0.1, 0.15) is 11.4 Å². The number of aromatic hydroxyl groups is 1. The van der Waals surface area contributed by atoms with Crippen molar-refractivity contribution in [2.24, 2.45) is 0 Å². The van der Waals surface area contributed by atoms with Crippen molar-refractivity contribution in [1.29, 1.82) is 0 Å². The van der Waals surface area contributed by atoms with E-state index in [0.717, 1.165) is 5.56 Å². The van der Waals surface area contributed by atoms with Crippen LogP contribution in [-0.2, 0) is 11.3 Å². The van der Waals surface area contributed by atoms with E-state index in [4.69, 9.17) is 11.6 Å². The summed E-state index contributed by atoms with van der Waals surface area (Å²) in [7, 11) is 1.34. The lowest BCUT2D eigenvalue weighted by Crippen LogP contribution is -2.00. The summed E-state index contributed by atoms with van der Waals surface area (Å²) in [6, 6.07) is 11.7. The molecular weight excluding hydrogens is 330 g/mol. The molecule has 0 aliphatic heterocycles. The summed E-state index contributed by atoms with van der Waals surface area (Å²) in [5, 5.41) is 18.6. The summed E-state index contributed by atoms with van der Waals surface area (Å²) in [6.45, 7) is 0.347. The van der Waals surface area contributed by atoms with Crippen LogP contribution in [0.4, 0.5) is 0 Å². The second kappa shape index (κ2) is 6.72. The molecule has 3 aromatic rings. The highest BCUT2D eigenvalue weighted by atomic mass is 35.5. The fourth-order valence-corrected chi connectivity index (χ4v) is 2.45. The minimum absolute atomic E-state index is 0.152. The molecule has 0 aliphatic carbocycles. The number of methoxy groups -OCH3 is 1. The summed E-state index contributed by atoms with van der Waals surface area (Å²) >= 11 is 5.94. The molecule has 0 atom stereocenters. The second-order valence-corrected chi connectivity index (χ2v) is 5.58. The molecule has 0 bridgehead atoms. The lowest BCUT2D eigenvalue weighted by atomic mass is 10.1. The molecule has 6 nitrogen and oxygen atoms in total. The molecule has 0 spiro atoms. The van der Waals surface area contributed by atoms with Crippen LogP contribution < -0.4 is 0 Å². The molecule has 1 heterocycles. The number of rotatable bonds is 4. The van der Waals surface area contributed by atoms with Gasteiger partial charge < -0.3 is 9.84 Å². The van der Waals surface area contributed by atoms with Crippen molar-refractivity contribution in [2.75, 3.05) is 7.11 Å². The van der Waals surface area contributed by atoms with Crippen LogP contribution in [0.1, 0.15) is 15.9 Å². The smallest absolute Gasteiger partial charge is 0.337 e. The molecule has 24 heavy (non-hydrogen) atoms. The van der Waals surface area contributed by atoms with Crippen molar-refractivity contribution < 1.29 is 14.6 Å². The van der Waals surface area contributed by atoms with Crippen LogP contribution in [0, 0.1) is 0 Å². The molecule has 0 aliphatic rings. The minimum Gasteiger partial charge on any atom is -0.508 e. The Morgan fingerprint density at radius 2 is 2.00 bits per heavy atom. The van der Waals surface area contributed by atoms with Gasteiger partial charge in [-0.15, -0.1) is 5.10 Å². The predicted molar refractivity (Wildman–Crippen MR) is 89.0 cm³/mol. The second-order valence-electron chi connectivity index (χ2n) is 5.14. The molecule has 0 unspecified atom stereocenters. The fourth-order valence-electron chi connectivity index (χ4n) is 2.26. The van der Waals surface area contributed by atoms with E-state index in [1.165, 1.54) is 7.11 Å². The Morgan fingerprint density at radius 1 is 1.25 bits per heavy atom. The van der Waals surface area contributed by atoms with Crippen LogP contribution in [0.3, 0.4) is 0 Å². The largest absolute Gasteiger partial charge is 0.508 e. The fraction of sp³-hybridized carbons (Fsp3) is 0.118. The van der Waals surface area contributed by atoms with E-state index < -0.39 is 0 Å². The van der Waals surface area contributed by atoms with Gasteiger partial charge in [-0.1, -0.05) is 28.9 Å². The zero-order valence-electron chi connectivity index (χ0n) is 12.8. The van der Waals surface area contributed by atoms with Crippen molar-refractivity contribution >= 4 is 17.6 Å². The van der Waals surface area contributed by atoms with Gasteiger partial charge in [0.15, 0.2) is 0 Å². The number of ether oxygens (including phenoxy) is 1. The summed E-state index contributed by atoms with van der Waals surface area (Å²) in [5.41, 5.74) is 2.61. The molecule has 0 saturated heterocycles. The highest BCUT2D eigenvalue weighted by Crippen LogP contribution is 2.23. The quantitative estimate of drug-likeness (QED) is 0.736. The van der Waals surface area contributed by atoms with E-state index in [-0.39, 0.29) is 11.7 Å². The molecule has 1 N–H and O–H groups in total. The average molecular weight is 344 g/mol. The topological polar surface area (TPSA) is 77.2 Å². The first kappa shape index (κ1) is 16.0. The molecule has 2 aromatic carbocycles. The van der Waals surface area contributed by atoms with Gasteiger partial charge >= 0.3 is 5.97 Å². The Balaban J connectivity index is 1.80. The maximum Gasteiger partial charge on any atom is 0.337 e. The van der Waals surface area contributed by atoms with E-state index in [9.17, 15) is 9.90 Å². The molecular formula is C17H14ClN3O3. The number of aromatic nitrogens is 3. The number of esters is 1. The van der Waals surface area contributed by atoms with E-state index >= 15 is 0 Å². The zero-order chi connectivity index (χ0) is 17.1. The molecule has 122 valence electrons. The Hall–Kier alpha value is -2.86. The summed E-state index contributed by atoms with van der Waals surface area (Å²) < 4.78 is 6.27. The lowest BCUT2D eigenvalue weighted by molar-refractivity contribution is 0.0601. The summed E-state index contributed by atoms with van der Waals surface area (Å²) in [6.07, 6.45) is 1.76. The molecule has 7 heteroatoms. The molecule has 0 radical (unpaired) electrons. The number of phenolic OH excluding ortho intramolecular Hbond substituents is 1. The van der Waals surface area contributed by atoms with E-state index in [2.05, 4.69) is 15.0 Å². The first-order valence-electron chi connectivity index (χ1n) is 7.13. The first-order chi connectivity index (χ1) is 11.6. The van der Waals surface area contributed by atoms with Crippen LogP contribution in [0.5, 0.6) is 5.75 Å². The van der Waals surface area contributed by atoms with E-state index in [0.29, 0.717) is 28.4 Å². The minimum atomic E-state index is -0.387. The number of carbonyl (C=O) groups is 1. The van der Waals surface area contributed by atoms with E-state index in [1.807, 2.05) is 0 Å². The maximum atomic E-state index is 11.4. The average Bonchev–Trinajstić information content (AvgIpc) is 3.06. The van der Waals surface area contributed by atoms with Crippen molar-refractivity contribution in [3.8, 4) is 17.0 Å². The van der Waals surface area contributed by atoms with Gasteiger partial charge in [0.2, 0.25) is 0 Å². The number of benzene rings is 2. The van der Waals surface area contributed by atoms with Gasteiger partial charge in [-0.05, 0) is 30.3 Å². The number of halogens is 1. The monoisotopic (exact) mass is 343 g/mol. The van der Waals surface area contributed by atoms with Gasteiger partial charge in [-0.2, -0.15) is 0 Å². The van der Waals surface area contributed by atoms with Crippen molar-refractivity contribution in [1.82, 2.24) is 15.0 Å². The normalized spacial score (nSPS) is 10.6. The number of phenols is 1. The third-order valence-electron chi connectivity index (χ3n) is 3.51. The van der Waals surface area contributed by atoms with Crippen molar-refractivity contribution in [3.05, 3.63) is 64.8 Å². The number of hydrogen-bond acceptors (Lipinski definition) is 5. The Labute approximate surface area is 143 Å². The standard InChI is InChI=1S/C17H14ClN3O3/c1-24-17(23)12-4-2-11(3-5-12)15-10-21(20-19-15)9-13-8-14(18)6-7-16(13)22/h2-8,10,22H,9H2,1H3. The third-order valence-corrected chi connectivity index (χ3v) is 3.75. The van der Waals surface area contributed by atoms with Crippen molar-refractivity contribution in [3.63, 3.8) is 0 Å². The highest BCUT2D eigenvalue weighted by Gasteiger charge is 2.09. The highest BCUT2D eigenvalue weighted by molar-refractivity contribution is 6.30. The number of hydrogen-bond donors (Lipinski definition) is 1. The van der Waals surface area contributed by atoms with Gasteiger partial charge in [0.05, 0.1) is 25.4 Å². The SMILES string of the molecule is COC(=O)c1ccc(-c2cn(Cc3cc(Cl)ccc3O)nn2)cc1. The number of carbonyl (C=O) groups excluding carboxylic acids is 1. The lowest BCUT2D eigenvalue weighted by Gasteiger charge is -2.04. The molecule has 0 fully saturated rings. The van der Waals surface area contributed by atoms with Crippen LogP contribution in [0.15, 0.2) is 48.7 Å². The van der Waals surface area contributed by atoms with Gasteiger partial charge in [0.25, 0.3) is 0 Å². The summed E-state index contributed by atoms with van der Waals surface area (Å²) in [5.74, 6) is -0.236. The molecule has 1 aromatic heterocycles. The van der Waals surface area contributed by atoms with Gasteiger partial charge in [0, 0.05) is 16.1 Å². The van der Waals surface area contributed by atoms with Gasteiger partial charge in [-0.3, -0.25) is 0 Å². The number of nitrogens with zero attached hydrogens (tertiary/aromatic N) is 3. The first-order valence-corrected chi connectivity index (χ1v) is 7.51. The third kappa shape index (κ3) is 3.38. The zero-order valence-corrected chi connectivity index (χ0v) is 13.6. The Bertz CT molecular complexity index is 875. The summed E-state index contributed by atoms with van der Waals surface area (Å²) in [4.78, 5) is 11.4. The van der Waals surface area contributed by atoms with Crippen LogP contribution >= 0.6 is 11.6 Å².